The first-order chi connectivity index (χ1) is 16.0. The number of aliphatic hydroxyl groups is 1. The summed E-state index contributed by atoms with van der Waals surface area (Å²) in [5.41, 5.74) is 0.965. The Morgan fingerprint density at radius 1 is 0.848 bits per heavy atom. The summed E-state index contributed by atoms with van der Waals surface area (Å²) in [5, 5.41) is 12.0. The van der Waals surface area contributed by atoms with Gasteiger partial charge in [-0.25, -0.2) is 0 Å². The number of carbonyl (C=O) groups excluding carboxylic acids is 1. The summed E-state index contributed by atoms with van der Waals surface area (Å²) in [6.45, 7) is 0.489. The molecule has 0 unspecified atom stereocenters. The van der Waals surface area contributed by atoms with Crippen LogP contribution in [0.5, 0.6) is 17.2 Å². The molecule has 2 atom stereocenters. The van der Waals surface area contributed by atoms with E-state index in [0.29, 0.717) is 35.8 Å². The zero-order valence-electron chi connectivity index (χ0n) is 19.0. The Kier molecular flexibility index (Phi) is 5.05. The lowest BCUT2D eigenvalue weighted by molar-refractivity contribution is -0.145. The van der Waals surface area contributed by atoms with Crippen molar-refractivity contribution >= 4 is 5.91 Å². The Bertz CT molecular complexity index is 1210. The molecule has 0 bridgehead atoms. The van der Waals surface area contributed by atoms with Gasteiger partial charge in [-0.2, -0.15) is 0 Å². The fraction of sp³-hybridized carbons (Fsp3) is 0.296. The molecule has 0 aliphatic carbocycles. The highest BCUT2D eigenvalue weighted by Crippen LogP contribution is 2.56. The van der Waals surface area contributed by atoms with E-state index in [4.69, 9.17) is 14.2 Å². The molecule has 1 fully saturated rings. The van der Waals surface area contributed by atoms with E-state index >= 15 is 0 Å². The summed E-state index contributed by atoms with van der Waals surface area (Å²) in [5.74, 6) is 1.54. The minimum absolute atomic E-state index is 0.179. The van der Waals surface area contributed by atoms with Gasteiger partial charge in [-0.05, 0) is 52.9 Å². The lowest BCUT2D eigenvalue weighted by Crippen LogP contribution is -2.49. The van der Waals surface area contributed by atoms with Crippen molar-refractivity contribution in [2.75, 3.05) is 27.9 Å². The van der Waals surface area contributed by atoms with Crippen LogP contribution in [0.1, 0.15) is 28.7 Å². The SMILES string of the molecule is COc1cccc([C@]2(O)C[C@@]3(c4ccccc4)c4cc(OC)c(OC)cc4CCN3C2=O)c1. The van der Waals surface area contributed by atoms with Gasteiger partial charge in [-0.15, -0.1) is 0 Å². The number of carbonyl (C=O) groups is 1. The molecule has 1 N–H and O–H groups in total. The van der Waals surface area contributed by atoms with Gasteiger partial charge in [0, 0.05) is 13.0 Å². The minimum atomic E-state index is -1.70. The maximum atomic E-state index is 13.9. The number of ether oxygens (including phenoxy) is 3. The van der Waals surface area contributed by atoms with Gasteiger partial charge in [-0.1, -0.05) is 42.5 Å². The summed E-state index contributed by atoms with van der Waals surface area (Å²) >= 11 is 0. The number of rotatable bonds is 5. The molecule has 1 saturated heterocycles. The molecule has 2 heterocycles. The Morgan fingerprint density at radius 2 is 1.55 bits per heavy atom. The van der Waals surface area contributed by atoms with E-state index in [9.17, 15) is 9.90 Å². The molecule has 5 rings (SSSR count). The van der Waals surface area contributed by atoms with E-state index in [2.05, 4.69) is 0 Å². The second kappa shape index (κ2) is 7.81. The van der Waals surface area contributed by atoms with Crippen LogP contribution in [-0.2, 0) is 22.4 Å². The van der Waals surface area contributed by atoms with Crippen LogP contribution in [0.2, 0.25) is 0 Å². The summed E-state index contributed by atoms with van der Waals surface area (Å²) in [4.78, 5) is 15.7. The molecule has 2 aliphatic heterocycles. The van der Waals surface area contributed by atoms with E-state index in [1.165, 1.54) is 0 Å². The van der Waals surface area contributed by atoms with Crippen molar-refractivity contribution in [2.45, 2.75) is 24.0 Å². The summed E-state index contributed by atoms with van der Waals surface area (Å²) in [6.07, 6.45) is 0.836. The Morgan fingerprint density at radius 3 is 2.24 bits per heavy atom. The van der Waals surface area contributed by atoms with Gasteiger partial charge in [0.2, 0.25) is 0 Å². The molecule has 0 spiro atoms. The van der Waals surface area contributed by atoms with Crippen LogP contribution in [0.15, 0.2) is 66.7 Å². The molecule has 3 aromatic rings. The fourth-order valence-electron chi connectivity index (χ4n) is 5.45. The Labute approximate surface area is 193 Å². The largest absolute Gasteiger partial charge is 0.497 e. The van der Waals surface area contributed by atoms with Crippen LogP contribution in [0.25, 0.3) is 0 Å². The van der Waals surface area contributed by atoms with Gasteiger partial charge in [0.05, 0.1) is 26.9 Å². The van der Waals surface area contributed by atoms with E-state index in [1.807, 2.05) is 47.4 Å². The molecule has 170 valence electrons. The monoisotopic (exact) mass is 445 g/mol. The molecule has 33 heavy (non-hydrogen) atoms. The lowest BCUT2D eigenvalue weighted by atomic mass is 9.72. The number of benzene rings is 3. The number of hydrogen-bond donors (Lipinski definition) is 1. The fourth-order valence-corrected chi connectivity index (χ4v) is 5.45. The highest BCUT2D eigenvalue weighted by atomic mass is 16.5. The van der Waals surface area contributed by atoms with Gasteiger partial charge in [-0.3, -0.25) is 4.79 Å². The van der Waals surface area contributed by atoms with Gasteiger partial charge >= 0.3 is 0 Å². The predicted molar refractivity (Wildman–Crippen MR) is 124 cm³/mol. The first kappa shape index (κ1) is 21.3. The third-order valence-corrected chi connectivity index (χ3v) is 7.03. The topological polar surface area (TPSA) is 68.2 Å². The van der Waals surface area contributed by atoms with Gasteiger partial charge in [0.25, 0.3) is 5.91 Å². The van der Waals surface area contributed by atoms with Crippen LogP contribution in [-0.4, -0.2) is 43.8 Å². The Balaban J connectivity index is 1.77. The zero-order chi connectivity index (χ0) is 23.2. The van der Waals surface area contributed by atoms with E-state index in [-0.39, 0.29) is 12.3 Å². The second-order valence-electron chi connectivity index (χ2n) is 8.57. The maximum Gasteiger partial charge on any atom is 0.260 e. The number of nitrogens with zero attached hydrogens (tertiary/aromatic N) is 1. The quantitative estimate of drug-likeness (QED) is 0.650. The summed E-state index contributed by atoms with van der Waals surface area (Å²) in [6, 6.07) is 21.0. The summed E-state index contributed by atoms with van der Waals surface area (Å²) < 4.78 is 16.5. The van der Waals surface area contributed by atoms with Crippen LogP contribution in [0, 0.1) is 0 Å². The molecular weight excluding hydrogens is 418 g/mol. The third-order valence-electron chi connectivity index (χ3n) is 7.03. The van der Waals surface area contributed by atoms with Crippen molar-refractivity contribution in [1.82, 2.24) is 4.90 Å². The average molecular weight is 446 g/mol. The number of fused-ring (bicyclic) bond motifs is 3. The smallest absolute Gasteiger partial charge is 0.260 e. The first-order valence-electron chi connectivity index (χ1n) is 11.0. The maximum absolute atomic E-state index is 13.9. The molecule has 0 aromatic heterocycles. The van der Waals surface area contributed by atoms with Crippen LogP contribution >= 0.6 is 0 Å². The van der Waals surface area contributed by atoms with Gasteiger partial charge in [0.1, 0.15) is 5.75 Å². The highest BCUT2D eigenvalue weighted by Gasteiger charge is 2.62. The molecular formula is C27H27NO5. The summed E-state index contributed by atoms with van der Waals surface area (Å²) in [7, 11) is 4.80. The molecule has 0 saturated carbocycles. The van der Waals surface area contributed by atoms with Crippen molar-refractivity contribution in [3.8, 4) is 17.2 Å². The van der Waals surface area contributed by atoms with Crippen LogP contribution < -0.4 is 14.2 Å². The van der Waals surface area contributed by atoms with Crippen LogP contribution in [0.4, 0.5) is 0 Å². The minimum Gasteiger partial charge on any atom is -0.497 e. The van der Waals surface area contributed by atoms with Crippen molar-refractivity contribution < 1.29 is 24.1 Å². The number of hydrogen-bond acceptors (Lipinski definition) is 5. The normalized spacial score (nSPS) is 23.6. The van der Waals surface area contributed by atoms with E-state index < -0.39 is 11.1 Å². The highest BCUT2D eigenvalue weighted by molar-refractivity contribution is 5.91. The van der Waals surface area contributed by atoms with Crippen LogP contribution in [0.3, 0.4) is 0 Å². The first-order valence-corrected chi connectivity index (χ1v) is 11.0. The molecule has 6 heteroatoms. The van der Waals surface area contributed by atoms with Crippen molar-refractivity contribution in [1.29, 1.82) is 0 Å². The number of methoxy groups -OCH3 is 3. The standard InChI is InChI=1S/C27H27NO5/c1-31-21-11-7-10-20(15-21)27(30)17-26(19-8-5-4-6-9-19)22-16-24(33-3)23(32-2)14-18(22)12-13-28(26)25(27)29/h4-11,14-16,30H,12-13,17H2,1-3H3/t26-,27-/m1/s1. The third kappa shape index (κ3) is 3.01. The average Bonchev–Trinajstić information content (AvgIpc) is 3.12. The van der Waals surface area contributed by atoms with Gasteiger partial charge in [0.15, 0.2) is 17.1 Å². The van der Waals surface area contributed by atoms with E-state index in [0.717, 1.165) is 16.7 Å². The molecule has 1 amide bonds. The molecule has 2 aliphatic rings. The van der Waals surface area contributed by atoms with Crippen molar-refractivity contribution in [3.05, 3.63) is 89.0 Å². The van der Waals surface area contributed by atoms with Crippen molar-refractivity contribution in [3.63, 3.8) is 0 Å². The van der Waals surface area contributed by atoms with Crippen molar-refractivity contribution in [2.24, 2.45) is 0 Å². The van der Waals surface area contributed by atoms with E-state index in [1.54, 1.807) is 45.6 Å². The number of amides is 1. The second-order valence-corrected chi connectivity index (χ2v) is 8.57. The van der Waals surface area contributed by atoms with Gasteiger partial charge < -0.3 is 24.2 Å². The lowest BCUT2D eigenvalue weighted by Gasteiger charge is -2.44. The Hall–Kier alpha value is -3.51. The molecule has 0 radical (unpaired) electrons. The molecule has 3 aromatic carbocycles. The predicted octanol–water partition coefficient (Wildman–Crippen LogP) is 3.63. The zero-order valence-corrected chi connectivity index (χ0v) is 19.0. The molecule has 6 nitrogen and oxygen atoms in total.